The number of hydrogen-bond donors (Lipinski definition) is 0. The van der Waals surface area contributed by atoms with Crippen LogP contribution in [0.4, 0.5) is 0 Å². The van der Waals surface area contributed by atoms with Crippen molar-refractivity contribution in [3.63, 3.8) is 0 Å². The van der Waals surface area contributed by atoms with Gasteiger partial charge in [0.15, 0.2) is 0 Å². The number of benzene rings is 2. The van der Waals surface area contributed by atoms with E-state index in [9.17, 15) is 0 Å². The second kappa shape index (κ2) is 10.4. The quantitative estimate of drug-likeness (QED) is 0.523. The highest BCUT2D eigenvalue weighted by molar-refractivity contribution is 5.48. The van der Waals surface area contributed by atoms with Crippen LogP contribution in [-0.2, 0) is 22.7 Å². The summed E-state index contributed by atoms with van der Waals surface area (Å²) in [5.41, 5.74) is 5.67. The summed E-state index contributed by atoms with van der Waals surface area (Å²) >= 11 is 0. The van der Waals surface area contributed by atoms with Crippen molar-refractivity contribution >= 4 is 12.2 Å². The van der Waals surface area contributed by atoms with Crippen LogP contribution in [0.2, 0.25) is 0 Å². The Balaban J connectivity index is 1.72. The number of hydrogen-bond acceptors (Lipinski definition) is 2. The highest BCUT2D eigenvalue weighted by Crippen LogP contribution is 2.10. The van der Waals surface area contributed by atoms with Gasteiger partial charge in [0.05, 0.1) is 26.4 Å². The molecule has 0 atom stereocenters. The van der Waals surface area contributed by atoms with Crippen molar-refractivity contribution in [2.45, 2.75) is 20.1 Å². The lowest BCUT2D eigenvalue weighted by Gasteiger charge is -2.10. The monoisotopic (exact) mass is 334 g/mol. The van der Waals surface area contributed by atoms with Crippen molar-refractivity contribution in [1.29, 1.82) is 0 Å². The maximum Gasteiger partial charge on any atom is 0.0721 e. The molecule has 0 fully saturated rings. The Bertz CT molecular complexity index is 711. The Morgan fingerprint density at radius 1 is 0.840 bits per heavy atom. The predicted molar refractivity (Wildman–Crippen MR) is 106 cm³/mol. The minimum absolute atomic E-state index is 0.574. The van der Waals surface area contributed by atoms with Crippen LogP contribution in [0.15, 0.2) is 73.3 Å². The Morgan fingerprint density at radius 3 is 2.08 bits per heavy atom. The molecule has 0 unspecified atom stereocenters. The van der Waals surface area contributed by atoms with Gasteiger partial charge in [-0.2, -0.15) is 0 Å². The largest absolute Gasteiger partial charge is 0.372 e. The molecule has 0 spiro atoms. The lowest BCUT2D eigenvalue weighted by Crippen LogP contribution is -2.06. The fraction of sp³-hybridized carbons (Fsp3) is 0.217. The van der Waals surface area contributed by atoms with Crippen LogP contribution in [0, 0.1) is 0 Å². The molecule has 0 bridgehead atoms. The van der Waals surface area contributed by atoms with Gasteiger partial charge in [-0.25, -0.2) is 0 Å². The van der Waals surface area contributed by atoms with E-state index in [1.54, 1.807) is 0 Å². The van der Waals surface area contributed by atoms with E-state index in [4.69, 9.17) is 9.47 Å². The Kier molecular flexibility index (Phi) is 7.90. The van der Waals surface area contributed by atoms with E-state index in [-0.39, 0.29) is 0 Å². The molecule has 0 N–H and O–H groups in total. The van der Waals surface area contributed by atoms with E-state index in [2.05, 4.69) is 43.5 Å². The van der Waals surface area contributed by atoms with Gasteiger partial charge >= 0.3 is 0 Å². The topological polar surface area (TPSA) is 18.5 Å². The van der Waals surface area contributed by atoms with Gasteiger partial charge in [0, 0.05) is 0 Å². The normalized spacial score (nSPS) is 11.3. The summed E-state index contributed by atoms with van der Waals surface area (Å²) in [5.74, 6) is 0. The molecule has 0 aromatic heterocycles. The molecule has 0 amide bonds. The van der Waals surface area contributed by atoms with Crippen molar-refractivity contribution in [3.8, 4) is 0 Å². The molecule has 0 saturated heterocycles. The van der Waals surface area contributed by atoms with Gasteiger partial charge in [0.2, 0.25) is 0 Å². The zero-order valence-electron chi connectivity index (χ0n) is 14.9. The Hall–Kier alpha value is -2.42. The van der Waals surface area contributed by atoms with Gasteiger partial charge in [-0.15, -0.1) is 0 Å². The van der Waals surface area contributed by atoms with E-state index in [1.165, 1.54) is 0 Å². The maximum absolute atomic E-state index is 5.81. The SMILES string of the molecule is C=Cc1ccc(COC/C(=C\C)COCc2cccc(C=C)c2)cc1. The van der Waals surface area contributed by atoms with E-state index in [1.807, 2.05) is 43.3 Å². The number of rotatable bonds is 10. The zero-order chi connectivity index (χ0) is 17.9. The molecule has 0 heterocycles. The van der Waals surface area contributed by atoms with Crippen LogP contribution in [0.1, 0.15) is 29.2 Å². The Labute approximate surface area is 151 Å². The fourth-order valence-corrected chi connectivity index (χ4v) is 2.37. The van der Waals surface area contributed by atoms with E-state index in [0.29, 0.717) is 26.4 Å². The summed E-state index contributed by atoms with van der Waals surface area (Å²) < 4.78 is 11.6. The standard InChI is InChI=1S/C23H26O2/c1-4-19-10-12-22(13-11-19)17-24-15-21(6-3)16-25-18-23-9-7-8-20(5-2)14-23/h4-14H,1-2,15-18H2,3H3/b21-6+. The smallest absolute Gasteiger partial charge is 0.0721 e. The predicted octanol–water partition coefficient (Wildman–Crippen LogP) is 5.65. The molecule has 2 nitrogen and oxygen atoms in total. The molecule has 25 heavy (non-hydrogen) atoms. The fourth-order valence-electron chi connectivity index (χ4n) is 2.37. The second-order valence-electron chi connectivity index (χ2n) is 5.83. The van der Waals surface area contributed by atoms with E-state index in [0.717, 1.165) is 27.8 Å². The summed E-state index contributed by atoms with van der Waals surface area (Å²) in [6, 6.07) is 16.4. The number of allylic oxidation sites excluding steroid dienone is 1. The van der Waals surface area contributed by atoms with Gasteiger partial charge in [-0.3, -0.25) is 0 Å². The van der Waals surface area contributed by atoms with E-state index < -0.39 is 0 Å². The highest BCUT2D eigenvalue weighted by Gasteiger charge is 2.00. The first-order chi connectivity index (χ1) is 12.2. The van der Waals surface area contributed by atoms with Crippen molar-refractivity contribution in [1.82, 2.24) is 0 Å². The third-order valence-electron chi connectivity index (χ3n) is 3.92. The molecule has 0 saturated carbocycles. The average molecular weight is 334 g/mol. The highest BCUT2D eigenvalue weighted by atomic mass is 16.5. The van der Waals surface area contributed by atoms with Crippen LogP contribution in [0.25, 0.3) is 12.2 Å². The van der Waals surface area contributed by atoms with Crippen LogP contribution < -0.4 is 0 Å². The maximum atomic E-state index is 5.81. The van der Waals surface area contributed by atoms with Crippen LogP contribution in [0.3, 0.4) is 0 Å². The van der Waals surface area contributed by atoms with Crippen molar-refractivity contribution in [3.05, 3.63) is 95.6 Å². The van der Waals surface area contributed by atoms with Gasteiger partial charge < -0.3 is 9.47 Å². The van der Waals surface area contributed by atoms with Gasteiger partial charge in [-0.05, 0) is 40.8 Å². The van der Waals surface area contributed by atoms with Crippen LogP contribution in [-0.4, -0.2) is 13.2 Å². The molecule has 2 aromatic carbocycles. The van der Waals surface area contributed by atoms with Crippen LogP contribution >= 0.6 is 0 Å². The van der Waals surface area contributed by atoms with Gasteiger partial charge in [-0.1, -0.05) is 73.9 Å². The molecule has 0 radical (unpaired) electrons. The minimum atomic E-state index is 0.574. The van der Waals surface area contributed by atoms with Crippen molar-refractivity contribution in [2.75, 3.05) is 13.2 Å². The third kappa shape index (κ3) is 6.54. The van der Waals surface area contributed by atoms with Crippen molar-refractivity contribution < 1.29 is 9.47 Å². The summed E-state index contributed by atoms with van der Waals surface area (Å²) in [4.78, 5) is 0. The third-order valence-corrected chi connectivity index (χ3v) is 3.92. The van der Waals surface area contributed by atoms with Crippen LogP contribution in [0.5, 0.6) is 0 Å². The molecular formula is C23H26O2. The molecule has 2 rings (SSSR count). The van der Waals surface area contributed by atoms with E-state index >= 15 is 0 Å². The lowest BCUT2D eigenvalue weighted by molar-refractivity contribution is 0.105. The molecule has 0 aliphatic carbocycles. The number of ether oxygens (including phenoxy) is 2. The minimum Gasteiger partial charge on any atom is -0.372 e. The second-order valence-corrected chi connectivity index (χ2v) is 5.83. The molecule has 2 heteroatoms. The first-order valence-corrected chi connectivity index (χ1v) is 8.47. The summed E-state index contributed by atoms with van der Waals surface area (Å²) in [6.45, 7) is 11.9. The van der Waals surface area contributed by atoms with Crippen molar-refractivity contribution in [2.24, 2.45) is 0 Å². The summed E-state index contributed by atoms with van der Waals surface area (Å²) in [6.07, 6.45) is 5.74. The average Bonchev–Trinajstić information content (AvgIpc) is 2.67. The zero-order valence-corrected chi connectivity index (χ0v) is 14.9. The molecule has 0 aliphatic rings. The van der Waals surface area contributed by atoms with Gasteiger partial charge in [0.1, 0.15) is 0 Å². The van der Waals surface area contributed by atoms with Gasteiger partial charge in [0.25, 0.3) is 0 Å². The molecule has 130 valence electrons. The summed E-state index contributed by atoms with van der Waals surface area (Å²) in [7, 11) is 0. The molecule has 0 aliphatic heterocycles. The lowest BCUT2D eigenvalue weighted by atomic mass is 10.1. The first-order valence-electron chi connectivity index (χ1n) is 8.47. The molecular weight excluding hydrogens is 308 g/mol. The Morgan fingerprint density at radius 2 is 1.48 bits per heavy atom. The first kappa shape index (κ1) is 18.9. The summed E-state index contributed by atoms with van der Waals surface area (Å²) in [5, 5.41) is 0. The molecule has 2 aromatic rings.